The van der Waals surface area contributed by atoms with E-state index in [2.05, 4.69) is 21.1 Å². The maximum atomic E-state index is 10.3. The number of carbonyl (C=O) groups excluding carboxylic acids is 1. The van der Waals surface area contributed by atoms with E-state index in [1.807, 2.05) is 0 Å². The first-order valence-corrected chi connectivity index (χ1v) is 4.63. The standard InChI is InChI=1S/C9H17ClN2O/c1-12(2,3)7-6-8(10)4-5-9(11)13/h4-5,8H,6-7H2,1-3H3,(H-,11,13). The molecule has 3 nitrogen and oxygen atoms in total. The molecule has 0 bridgehead atoms. The van der Waals surface area contributed by atoms with Crippen molar-refractivity contribution in [1.29, 1.82) is 0 Å². The maximum Gasteiger partial charge on any atom is 0.0797 e. The molecule has 13 heavy (non-hydrogen) atoms. The van der Waals surface area contributed by atoms with E-state index in [4.69, 9.17) is 17.3 Å². The maximum absolute atomic E-state index is 10.3. The number of carbonyl (C=O) groups is 1. The van der Waals surface area contributed by atoms with Gasteiger partial charge in [0.05, 0.1) is 39.0 Å². The number of allylic oxidation sites excluding steroid dienone is 1. The number of rotatable bonds is 5. The van der Waals surface area contributed by atoms with E-state index in [9.17, 15) is 4.79 Å². The first kappa shape index (κ1) is 12.5. The Morgan fingerprint density at radius 1 is 1.54 bits per heavy atom. The highest BCUT2D eigenvalue weighted by molar-refractivity contribution is 6.22. The summed E-state index contributed by atoms with van der Waals surface area (Å²) in [5, 5.41) is -0.147. The molecule has 1 amide bonds. The number of alkyl halides is 1. The lowest BCUT2D eigenvalue weighted by Gasteiger charge is -2.24. The zero-order valence-corrected chi connectivity index (χ0v) is 9.14. The number of nitrogens with one attached hydrogen (secondary N) is 1. The van der Waals surface area contributed by atoms with E-state index in [0.29, 0.717) is 0 Å². The van der Waals surface area contributed by atoms with Gasteiger partial charge in [-0.05, 0) is 6.08 Å². The van der Waals surface area contributed by atoms with Crippen molar-refractivity contribution in [2.75, 3.05) is 27.7 Å². The largest absolute Gasteiger partial charge is 0.664 e. The molecular formula is C9H17ClN2O. The molecule has 0 saturated heterocycles. The second-order valence-corrected chi connectivity index (χ2v) is 4.60. The van der Waals surface area contributed by atoms with Crippen LogP contribution < -0.4 is 0 Å². The Balaban J connectivity index is 3.76. The quantitative estimate of drug-likeness (QED) is 0.383. The number of hydrogen-bond donors (Lipinski definition) is 0. The Hall–Kier alpha value is -0.540. The van der Waals surface area contributed by atoms with Crippen molar-refractivity contribution in [3.05, 3.63) is 17.9 Å². The fourth-order valence-corrected chi connectivity index (χ4v) is 0.969. The molecule has 0 fully saturated rings. The van der Waals surface area contributed by atoms with Gasteiger partial charge < -0.3 is 15.0 Å². The van der Waals surface area contributed by atoms with E-state index in [0.717, 1.165) is 17.4 Å². The molecular weight excluding hydrogens is 188 g/mol. The normalized spacial score (nSPS) is 14.8. The van der Waals surface area contributed by atoms with Gasteiger partial charge in [-0.2, -0.15) is 0 Å². The molecule has 1 unspecified atom stereocenters. The molecule has 0 aliphatic carbocycles. The summed E-state index contributed by atoms with van der Waals surface area (Å²) in [6.45, 7) is 0.949. The molecule has 0 aromatic rings. The van der Waals surface area contributed by atoms with Crippen molar-refractivity contribution in [2.45, 2.75) is 11.8 Å². The Kier molecular flexibility index (Phi) is 5.03. The monoisotopic (exact) mass is 204 g/mol. The van der Waals surface area contributed by atoms with Gasteiger partial charge in [0.2, 0.25) is 0 Å². The van der Waals surface area contributed by atoms with Crippen LogP contribution in [0.15, 0.2) is 12.2 Å². The molecule has 0 heterocycles. The van der Waals surface area contributed by atoms with Gasteiger partial charge in [0, 0.05) is 6.42 Å². The number of amides is 1. The van der Waals surface area contributed by atoms with Crippen LogP contribution in [0.3, 0.4) is 0 Å². The van der Waals surface area contributed by atoms with Crippen molar-refractivity contribution >= 4 is 17.5 Å². The predicted octanol–water partition coefficient (Wildman–Crippen LogP) is 1.83. The minimum Gasteiger partial charge on any atom is -0.664 e. The van der Waals surface area contributed by atoms with E-state index in [1.165, 1.54) is 6.08 Å². The fraction of sp³-hybridized carbons (Fsp3) is 0.667. The third kappa shape index (κ3) is 9.37. The summed E-state index contributed by atoms with van der Waals surface area (Å²) in [6.07, 6.45) is 3.59. The van der Waals surface area contributed by atoms with Crippen LogP contribution in [0.1, 0.15) is 6.42 Å². The Morgan fingerprint density at radius 2 is 2.08 bits per heavy atom. The Morgan fingerprint density at radius 3 is 2.46 bits per heavy atom. The van der Waals surface area contributed by atoms with Gasteiger partial charge in [0.15, 0.2) is 0 Å². The molecule has 0 aromatic carbocycles. The second kappa shape index (κ2) is 5.25. The summed E-state index contributed by atoms with van der Waals surface area (Å²) in [7, 11) is 6.26. The van der Waals surface area contributed by atoms with Crippen molar-refractivity contribution in [3.8, 4) is 0 Å². The second-order valence-electron chi connectivity index (χ2n) is 4.04. The summed E-state index contributed by atoms with van der Waals surface area (Å²) < 4.78 is 0.853. The van der Waals surface area contributed by atoms with Gasteiger partial charge in [0.25, 0.3) is 0 Å². The van der Waals surface area contributed by atoms with Crippen molar-refractivity contribution in [2.24, 2.45) is 0 Å². The Labute approximate surface area is 84.7 Å². The third-order valence-electron chi connectivity index (χ3n) is 1.53. The zero-order chi connectivity index (χ0) is 10.5. The van der Waals surface area contributed by atoms with Crippen LogP contribution in [0.25, 0.3) is 5.73 Å². The highest BCUT2D eigenvalue weighted by Gasteiger charge is 2.09. The lowest BCUT2D eigenvalue weighted by Crippen LogP contribution is -2.36. The summed E-state index contributed by atoms with van der Waals surface area (Å²) in [6, 6.07) is 0. The summed E-state index contributed by atoms with van der Waals surface area (Å²) in [5.74, 6) is -0.698. The van der Waals surface area contributed by atoms with Crippen molar-refractivity contribution in [1.82, 2.24) is 0 Å². The number of hydrogen-bond acceptors (Lipinski definition) is 1. The zero-order valence-electron chi connectivity index (χ0n) is 8.38. The fourth-order valence-electron chi connectivity index (χ4n) is 0.799. The number of quaternary nitrogens is 1. The smallest absolute Gasteiger partial charge is 0.0797 e. The molecule has 0 aliphatic heterocycles. The molecule has 1 atom stereocenters. The third-order valence-corrected chi connectivity index (χ3v) is 1.90. The number of nitrogens with zero attached hydrogens (tertiary/aromatic N) is 1. The lowest BCUT2D eigenvalue weighted by molar-refractivity contribution is -0.870. The molecule has 0 aliphatic rings. The van der Waals surface area contributed by atoms with Crippen LogP contribution >= 0.6 is 11.6 Å². The molecule has 0 rings (SSSR count). The number of halogens is 1. The molecule has 0 saturated carbocycles. The van der Waals surface area contributed by atoms with Crippen LogP contribution in [-0.2, 0) is 4.79 Å². The highest BCUT2D eigenvalue weighted by Crippen LogP contribution is 2.06. The van der Waals surface area contributed by atoms with Gasteiger partial charge in [-0.25, -0.2) is 0 Å². The van der Waals surface area contributed by atoms with Crippen molar-refractivity contribution < 1.29 is 9.28 Å². The SMILES string of the molecule is C[N+](C)(C)CCC(Cl)C=CC([NH-])=O. The van der Waals surface area contributed by atoms with Crippen LogP contribution in [0.4, 0.5) is 0 Å². The first-order valence-electron chi connectivity index (χ1n) is 4.19. The van der Waals surface area contributed by atoms with Crippen LogP contribution in [0, 0.1) is 0 Å². The van der Waals surface area contributed by atoms with Gasteiger partial charge in [-0.1, -0.05) is 6.08 Å². The van der Waals surface area contributed by atoms with E-state index >= 15 is 0 Å². The van der Waals surface area contributed by atoms with Crippen molar-refractivity contribution in [3.63, 3.8) is 0 Å². The van der Waals surface area contributed by atoms with Gasteiger partial charge in [-0.3, -0.25) is 0 Å². The van der Waals surface area contributed by atoms with Crippen LogP contribution in [-0.4, -0.2) is 43.5 Å². The highest BCUT2D eigenvalue weighted by atomic mass is 35.5. The van der Waals surface area contributed by atoms with Crippen LogP contribution in [0.2, 0.25) is 0 Å². The van der Waals surface area contributed by atoms with E-state index < -0.39 is 5.91 Å². The summed E-state index contributed by atoms with van der Waals surface area (Å²) in [5.41, 5.74) is 6.64. The van der Waals surface area contributed by atoms with E-state index in [-0.39, 0.29) is 5.38 Å². The predicted molar refractivity (Wildman–Crippen MR) is 55.6 cm³/mol. The average molecular weight is 205 g/mol. The van der Waals surface area contributed by atoms with Crippen LogP contribution in [0.5, 0.6) is 0 Å². The average Bonchev–Trinajstić information content (AvgIpc) is 1.95. The van der Waals surface area contributed by atoms with Gasteiger partial charge in [0.1, 0.15) is 0 Å². The summed E-state index contributed by atoms with van der Waals surface area (Å²) in [4.78, 5) is 10.3. The Bertz CT molecular complexity index is 196. The molecule has 0 aromatic heterocycles. The molecule has 76 valence electrons. The lowest BCUT2D eigenvalue weighted by atomic mass is 10.2. The minimum atomic E-state index is -0.698. The van der Waals surface area contributed by atoms with E-state index in [1.54, 1.807) is 6.08 Å². The first-order chi connectivity index (χ1) is 5.81. The molecule has 4 heteroatoms. The van der Waals surface area contributed by atoms with Gasteiger partial charge in [-0.15, -0.1) is 11.6 Å². The molecule has 1 N–H and O–H groups in total. The van der Waals surface area contributed by atoms with Gasteiger partial charge >= 0.3 is 0 Å². The topological polar surface area (TPSA) is 40.9 Å². The molecule has 0 radical (unpaired) electrons. The molecule has 0 spiro atoms. The minimum absolute atomic E-state index is 0.147. The summed E-state index contributed by atoms with van der Waals surface area (Å²) >= 11 is 5.90.